The summed E-state index contributed by atoms with van der Waals surface area (Å²) in [6.07, 6.45) is 1.73. The van der Waals surface area contributed by atoms with E-state index in [0.29, 0.717) is 23.2 Å². The van der Waals surface area contributed by atoms with Crippen LogP contribution in [0.2, 0.25) is 0 Å². The first-order valence-corrected chi connectivity index (χ1v) is 15.7. The van der Waals surface area contributed by atoms with Gasteiger partial charge in [0.2, 0.25) is 0 Å². The van der Waals surface area contributed by atoms with Gasteiger partial charge in [0.25, 0.3) is 11.1 Å². The molecule has 0 aliphatic carbocycles. The van der Waals surface area contributed by atoms with Crippen molar-refractivity contribution in [3.63, 3.8) is 0 Å². The number of carbonyl (C=O) groups is 2. The molecule has 0 unspecified atom stereocenters. The summed E-state index contributed by atoms with van der Waals surface area (Å²) in [5.41, 5.74) is 4.06. The molecule has 1 fully saturated rings. The number of fused-ring (bicyclic) bond motifs is 1. The molecule has 210 valence electrons. The second-order valence-corrected chi connectivity index (χ2v) is 12.8. The van der Waals surface area contributed by atoms with Gasteiger partial charge in [0, 0.05) is 0 Å². The van der Waals surface area contributed by atoms with Gasteiger partial charge in [0.1, 0.15) is 24.7 Å². The topological polar surface area (TPSA) is 55.8 Å². The molecule has 8 heteroatoms. The van der Waals surface area contributed by atoms with Crippen molar-refractivity contribution in [2.75, 3.05) is 13.2 Å². The smallest absolute Gasteiger partial charge is 0.293 e. The fourth-order valence-electron chi connectivity index (χ4n) is 4.70. The Morgan fingerprint density at radius 1 is 0.927 bits per heavy atom. The van der Waals surface area contributed by atoms with E-state index in [1.807, 2.05) is 43.3 Å². The minimum Gasteiger partial charge on any atom is -0.491 e. The molecule has 1 aliphatic rings. The van der Waals surface area contributed by atoms with E-state index in [-0.39, 0.29) is 24.3 Å². The zero-order valence-electron chi connectivity index (χ0n) is 22.9. The van der Waals surface area contributed by atoms with Crippen LogP contribution in [0.5, 0.6) is 11.5 Å². The molecule has 5 rings (SSSR count). The van der Waals surface area contributed by atoms with Crippen LogP contribution < -0.4 is 9.47 Å². The Labute approximate surface area is 261 Å². The Balaban J connectivity index is 1.25. The molecule has 0 radical (unpaired) electrons. The number of thioether (sulfide) groups is 1. The number of rotatable bonds is 9. The maximum absolute atomic E-state index is 13.1. The molecule has 0 aromatic heterocycles. The largest absolute Gasteiger partial charge is 0.491 e. The van der Waals surface area contributed by atoms with Crippen LogP contribution in [-0.2, 0) is 11.4 Å². The van der Waals surface area contributed by atoms with Crippen LogP contribution in [0, 0.1) is 6.92 Å². The lowest BCUT2D eigenvalue weighted by Crippen LogP contribution is -2.32. The van der Waals surface area contributed by atoms with Gasteiger partial charge in [-0.3, -0.25) is 14.5 Å². The lowest BCUT2D eigenvalue weighted by molar-refractivity contribution is -0.123. The average molecular weight is 695 g/mol. The van der Waals surface area contributed by atoms with E-state index in [9.17, 15) is 9.59 Å². The highest BCUT2D eigenvalue weighted by molar-refractivity contribution is 9.11. The maximum atomic E-state index is 13.1. The first kappa shape index (κ1) is 29.4. The average Bonchev–Trinajstić information content (AvgIpc) is 3.19. The molecule has 5 nitrogen and oxygen atoms in total. The van der Waals surface area contributed by atoms with E-state index >= 15 is 0 Å². The Morgan fingerprint density at radius 3 is 2.41 bits per heavy atom. The minimum absolute atomic E-state index is 0.182. The highest BCUT2D eigenvalue weighted by Crippen LogP contribution is 2.38. The van der Waals surface area contributed by atoms with E-state index in [4.69, 9.17) is 9.47 Å². The van der Waals surface area contributed by atoms with Crippen LogP contribution in [0.15, 0.2) is 86.6 Å². The van der Waals surface area contributed by atoms with Crippen LogP contribution in [-0.4, -0.2) is 29.2 Å². The number of halogens is 2. The Kier molecular flexibility index (Phi) is 9.22. The molecule has 1 heterocycles. The Hall–Kier alpha value is -3.07. The number of ether oxygens (including phenoxy) is 2. The van der Waals surface area contributed by atoms with Gasteiger partial charge in [-0.1, -0.05) is 68.4 Å². The van der Waals surface area contributed by atoms with Crippen molar-refractivity contribution in [1.82, 2.24) is 4.90 Å². The molecule has 0 atom stereocenters. The third kappa shape index (κ3) is 6.71. The summed E-state index contributed by atoms with van der Waals surface area (Å²) in [6.45, 7) is 7.05. The van der Waals surface area contributed by atoms with Gasteiger partial charge in [0.15, 0.2) is 0 Å². The number of aryl methyl sites for hydroxylation is 1. The fraction of sp³-hybridized carbons (Fsp3) is 0.212. The van der Waals surface area contributed by atoms with Crippen molar-refractivity contribution < 1.29 is 19.1 Å². The van der Waals surface area contributed by atoms with E-state index in [0.717, 1.165) is 59.5 Å². The van der Waals surface area contributed by atoms with Gasteiger partial charge in [-0.2, -0.15) is 0 Å². The maximum Gasteiger partial charge on any atom is 0.293 e. The number of amides is 2. The number of hydrogen-bond acceptors (Lipinski definition) is 5. The monoisotopic (exact) mass is 693 g/mol. The molecule has 4 aromatic rings. The molecule has 0 bridgehead atoms. The molecule has 41 heavy (non-hydrogen) atoms. The molecule has 0 saturated carbocycles. The molecule has 1 saturated heterocycles. The first-order chi connectivity index (χ1) is 19.7. The molecule has 2 amide bonds. The van der Waals surface area contributed by atoms with E-state index in [1.54, 1.807) is 6.08 Å². The van der Waals surface area contributed by atoms with Crippen LogP contribution >= 0.6 is 43.6 Å². The predicted octanol–water partition coefficient (Wildman–Crippen LogP) is 9.49. The summed E-state index contributed by atoms with van der Waals surface area (Å²) in [5, 5.41) is 2.02. The van der Waals surface area contributed by atoms with Gasteiger partial charge >= 0.3 is 0 Å². The summed E-state index contributed by atoms with van der Waals surface area (Å²) in [7, 11) is 0. The lowest BCUT2D eigenvalue weighted by Gasteiger charge is -2.17. The van der Waals surface area contributed by atoms with Crippen LogP contribution in [0.4, 0.5) is 4.79 Å². The highest BCUT2D eigenvalue weighted by atomic mass is 79.9. The van der Waals surface area contributed by atoms with Crippen molar-refractivity contribution in [1.29, 1.82) is 0 Å². The van der Waals surface area contributed by atoms with E-state index in [2.05, 4.69) is 82.1 Å². The molecular weight excluding hydrogens is 666 g/mol. The standard InChI is InChI=1S/C33H29Br2NO4S/c1-20(2)25-12-11-21(3)15-29(25)39-14-13-36-32(37)30(41-33(36)38)18-22-16-27(34)31(28(35)17-22)40-19-24-9-6-8-23-7-4-5-10-26(23)24/h4-12,15-18,20H,13-14,19H2,1-3H3/b30-18-. The third-order valence-electron chi connectivity index (χ3n) is 6.81. The van der Waals surface area contributed by atoms with Gasteiger partial charge < -0.3 is 9.47 Å². The van der Waals surface area contributed by atoms with Crippen molar-refractivity contribution in [2.45, 2.75) is 33.3 Å². The second kappa shape index (κ2) is 12.8. The van der Waals surface area contributed by atoms with Crippen molar-refractivity contribution in [2.24, 2.45) is 0 Å². The van der Waals surface area contributed by atoms with Gasteiger partial charge in [-0.05, 0) is 114 Å². The predicted molar refractivity (Wildman–Crippen MR) is 174 cm³/mol. The fourth-order valence-corrected chi connectivity index (χ4v) is 7.02. The summed E-state index contributed by atoms with van der Waals surface area (Å²) < 4.78 is 13.7. The molecule has 4 aromatic carbocycles. The summed E-state index contributed by atoms with van der Waals surface area (Å²) in [6, 6.07) is 24.3. The normalized spacial score (nSPS) is 14.5. The SMILES string of the molecule is Cc1ccc(C(C)C)c(OCCN2C(=O)S/C(=C\c3cc(Br)c(OCc4cccc5ccccc45)c(Br)c3)C2=O)c1. The second-order valence-electron chi connectivity index (χ2n) is 10.1. The first-order valence-electron chi connectivity index (χ1n) is 13.3. The lowest BCUT2D eigenvalue weighted by atomic mass is 10.0. The summed E-state index contributed by atoms with van der Waals surface area (Å²) in [4.78, 5) is 27.4. The molecular formula is C33H29Br2NO4S. The number of imide groups is 1. The molecule has 0 spiro atoms. The summed E-state index contributed by atoms with van der Waals surface area (Å²) >= 11 is 8.17. The number of hydrogen-bond donors (Lipinski definition) is 0. The van der Waals surface area contributed by atoms with Crippen LogP contribution in [0.25, 0.3) is 16.8 Å². The van der Waals surface area contributed by atoms with Gasteiger partial charge in [-0.25, -0.2) is 0 Å². The van der Waals surface area contributed by atoms with Crippen molar-refractivity contribution in [3.05, 3.63) is 109 Å². The number of carbonyl (C=O) groups excluding carboxylic acids is 2. The zero-order valence-corrected chi connectivity index (χ0v) is 26.9. The zero-order chi connectivity index (χ0) is 29.1. The van der Waals surface area contributed by atoms with E-state index < -0.39 is 0 Å². The van der Waals surface area contributed by atoms with Crippen molar-refractivity contribution in [3.8, 4) is 11.5 Å². The van der Waals surface area contributed by atoms with Gasteiger partial charge in [-0.15, -0.1) is 0 Å². The van der Waals surface area contributed by atoms with Crippen molar-refractivity contribution >= 4 is 71.6 Å². The van der Waals surface area contributed by atoms with Crippen LogP contribution in [0.3, 0.4) is 0 Å². The minimum atomic E-state index is -0.319. The Morgan fingerprint density at radius 2 is 1.66 bits per heavy atom. The van der Waals surface area contributed by atoms with Gasteiger partial charge in [0.05, 0.1) is 20.4 Å². The highest BCUT2D eigenvalue weighted by Gasteiger charge is 2.35. The third-order valence-corrected chi connectivity index (χ3v) is 8.89. The number of benzene rings is 4. The molecule has 0 N–H and O–H groups in total. The van der Waals surface area contributed by atoms with Crippen LogP contribution in [0.1, 0.15) is 42.0 Å². The van der Waals surface area contributed by atoms with E-state index in [1.165, 1.54) is 4.90 Å². The Bertz CT molecular complexity index is 1640. The quantitative estimate of drug-likeness (QED) is 0.163. The summed E-state index contributed by atoms with van der Waals surface area (Å²) in [5.74, 6) is 1.44. The molecule has 1 aliphatic heterocycles. The number of nitrogens with zero attached hydrogens (tertiary/aromatic N) is 1.